The number of benzene rings is 1. The molecule has 17 heavy (non-hydrogen) atoms. The molecule has 1 amide bonds. The minimum Gasteiger partial charge on any atom is -0.491 e. The minimum absolute atomic E-state index is 0.0554. The average Bonchev–Trinajstić information content (AvgIpc) is 2.51. The summed E-state index contributed by atoms with van der Waals surface area (Å²) in [5, 5.41) is 8.80. The number of ether oxygens (including phenoxy) is 1. The fraction of sp³-hybridized carbons (Fsp3) is 0.385. The third-order valence-corrected chi connectivity index (χ3v) is 2.74. The van der Waals surface area contributed by atoms with Gasteiger partial charge in [0.05, 0.1) is 24.1 Å². The predicted molar refractivity (Wildman–Crippen MR) is 62.6 cm³/mol. The minimum atomic E-state index is -0.163. The molecular formula is C13H14N2O2. The molecule has 1 unspecified atom stereocenters. The first kappa shape index (κ1) is 11.5. The fourth-order valence-corrected chi connectivity index (χ4v) is 1.85. The van der Waals surface area contributed by atoms with Gasteiger partial charge in [0.15, 0.2) is 0 Å². The van der Waals surface area contributed by atoms with Crippen molar-refractivity contribution in [3.63, 3.8) is 0 Å². The smallest absolute Gasteiger partial charge is 0.257 e. The van der Waals surface area contributed by atoms with Crippen LogP contribution in [0.25, 0.3) is 0 Å². The van der Waals surface area contributed by atoms with Gasteiger partial charge in [0.2, 0.25) is 0 Å². The maximum Gasteiger partial charge on any atom is 0.257 e. The Morgan fingerprint density at radius 1 is 1.53 bits per heavy atom. The summed E-state index contributed by atoms with van der Waals surface area (Å²) in [6.45, 7) is 3.26. The van der Waals surface area contributed by atoms with Gasteiger partial charge in [-0.1, -0.05) is 12.1 Å². The number of hydrogen-bond acceptors (Lipinski definition) is 3. The Kier molecular flexibility index (Phi) is 3.29. The average molecular weight is 230 g/mol. The summed E-state index contributed by atoms with van der Waals surface area (Å²) in [5.74, 6) is 0.411. The molecule has 0 saturated carbocycles. The second kappa shape index (κ2) is 4.88. The summed E-state index contributed by atoms with van der Waals surface area (Å²) in [5.41, 5.74) is 0.579. The maximum atomic E-state index is 12.2. The van der Waals surface area contributed by atoms with Crippen LogP contribution < -0.4 is 4.74 Å². The van der Waals surface area contributed by atoms with E-state index in [1.165, 1.54) is 0 Å². The van der Waals surface area contributed by atoms with Crippen LogP contribution in [0, 0.1) is 17.2 Å². The first-order chi connectivity index (χ1) is 8.22. The number of para-hydroxylation sites is 1. The van der Waals surface area contributed by atoms with Gasteiger partial charge in [0, 0.05) is 6.54 Å². The molecule has 4 heteroatoms. The standard InChI is InChI=1S/C13H14N2O2/c1-10(8-14)9-15-6-7-17-12-5-3-2-4-11(12)13(15)16/h2-5,10H,6-7,9H2,1H3. The number of hydrogen-bond donors (Lipinski definition) is 0. The Morgan fingerprint density at radius 2 is 2.29 bits per heavy atom. The van der Waals surface area contributed by atoms with E-state index in [1.807, 2.05) is 19.1 Å². The van der Waals surface area contributed by atoms with Crippen molar-refractivity contribution in [1.82, 2.24) is 4.90 Å². The third kappa shape index (κ3) is 2.39. The summed E-state index contributed by atoms with van der Waals surface area (Å²) < 4.78 is 5.52. The molecule has 0 N–H and O–H groups in total. The van der Waals surface area contributed by atoms with Crippen molar-refractivity contribution in [2.75, 3.05) is 19.7 Å². The first-order valence-corrected chi connectivity index (χ1v) is 5.63. The number of carbonyl (C=O) groups is 1. The quantitative estimate of drug-likeness (QED) is 0.776. The lowest BCUT2D eigenvalue weighted by Crippen LogP contribution is -2.35. The molecule has 0 fully saturated rings. The van der Waals surface area contributed by atoms with E-state index in [1.54, 1.807) is 17.0 Å². The number of amides is 1. The van der Waals surface area contributed by atoms with Gasteiger partial charge in [-0.25, -0.2) is 0 Å². The topological polar surface area (TPSA) is 53.3 Å². The zero-order valence-electron chi connectivity index (χ0n) is 9.72. The summed E-state index contributed by atoms with van der Waals surface area (Å²) >= 11 is 0. The molecule has 1 aliphatic heterocycles. The Labute approximate surface area is 100 Å². The zero-order chi connectivity index (χ0) is 12.3. The van der Waals surface area contributed by atoms with Crippen molar-refractivity contribution < 1.29 is 9.53 Å². The first-order valence-electron chi connectivity index (χ1n) is 5.63. The van der Waals surface area contributed by atoms with Gasteiger partial charge in [-0.15, -0.1) is 0 Å². The third-order valence-electron chi connectivity index (χ3n) is 2.74. The van der Waals surface area contributed by atoms with Gasteiger partial charge in [0.1, 0.15) is 12.4 Å². The highest BCUT2D eigenvalue weighted by Gasteiger charge is 2.23. The molecule has 0 aliphatic carbocycles. The molecule has 1 heterocycles. The lowest BCUT2D eigenvalue weighted by molar-refractivity contribution is 0.0743. The van der Waals surface area contributed by atoms with E-state index in [9.17, 15) is 4.79 Å². The number of rotatable bonds is 2. The van der Waals surface area contributed by atoms with Crippen LogP contribution in [0.3, 0.4) is 0 Å². The van der Waals surface area contributed by atoms with Crippen molar-refractivity contribution in [3.8, 4) is 11.8 Å². The molecule has 0 radical (unpaired) electrons. The zero-order valence-corrected chi connectivity index (χ0v) is 9.72. The molecule has 1 atom stereocenters. The summed E-state index contributed by atoms with van der Waals surface area (Å²) in [7, 11) is 0. The van der Waals surface area contributed by atoms with Crippen LogP contribution in [0.15, 0.2) is 24.3 Å². The fourth-order valence-electron chi connectivity index (χ4n) is 1.85. The van der Waals surface area contributed by atoms with E-state index in [2.05, 4.69) is 6.07 Å². The van der Waals surface area contributed by atoms with Crippen LogP contribution in [0.5, 0.6) is 5.75 Å². The molecule has 1 aliphatic rings. The Morgan fingerprint density at radius 3 is 3.06 bits per heavy atom. The molecule has 1 aromatic rings. The van der Waals surface area contributed by atoms with Crippen LogP contribution in [-0.2, 0) is 0 Å². The number of fused-ring (bicyclic) bond motifs is 1. The van der Waals surface area contributed by atoms with Crippen molar-refractivity contribution in [2.45, 2.75) is 6.92 Å². The molecule has 4 nitrogen and oxygen atoms in total. The monoisotopic (exact) mass is 230 g/mol. The van der Waals surface area contributed by atoms with Gasteiger partial charge in [-0.2, -0.15) is 5.26 Å². The highest BCUT2D eigenvalue weighted by Crippen LogP contribution is 2.22. The summed E-state index contributed by atoms with van der Waals surface area (Å²) in [6, 6.07) is 9.36. The van der Waals surface area contributed by atoms with Gasteiger partial charge in [-0.05, 0) is 19.1 Å². The lowest BCUT2D eigenvalue weighted by Gasteiger charge is -2.20. The van der Waals surface area contributed by atoms with Crippen LogP contribution in [0.4, 0.5) is 0 Å². The molecule has 0 saturated heterocycles. The van der Waals surface area contributed by atoms with E-state index in [-0.39, 0.29) is 11.8 Å². The highest BCUT2D eigenvalue weighted by molar-refractivity contribution is 5.97. The largest absolute Gasteiger partial charge is 0.491 e. The normalized spacial score (nSPS) is 16.5. The van der Waals surface area contributed by atoms with Crippen LogP contribution >= 0.6 is 0 Å². The predicted octanol–water partition coefficient (Wildman–Crippen LogP) is 1.68. The Balaban J connectivity index is 2.24. The second-order valence-corrected chi connectivity index (χ2v) is 4.13. The van der Waals surface area contributed by atoms with Crippen molar-refractivity contribution in [1.29, 1.82) is 5.26 Å². The van der Waals surface area contributed by atoms with Crippen molar-refractivity contribution in [2.24, 2.45) is 5.92 Å². The highest BCUT2D eigenvalue weighted by atomic mass is 16.5. The maximum absolute atomic E-state index is 12.2. The van der Waals surface area contributed by atoms with E-state index in [0.29, 0.717) is 31.0 Å². The van der Waals surface area contributed by atoms with Gasteiger partial charge >= 0.3 is 0 Å². The molecule has 88 valence electrons. The molecule has 2 rings (SSSR count). The number of nitrogens with zero attached hydrogens (tertiary/aromatic N) is 2. The van der Waals surface area contributed by atoms with Gasteiger partial charge < -0.3 is 9.64 Å². The van der Waals surface area contributed by atoms with E-state index < -0.39 is 0 Å². The van der Waals surface area contributed by atoms with Gasteiger partial charge in [0.25, 0.3) is 5.91 Å². The van der Waals surface area contributed by atoms with E-state index in [0.717, 1.165) is 0 Å². The molecule has 0 bridgehead atoms. The van der Waals surface area contributed by atoms with Crippen molar-refractivity contribution in [3.05, 3.63) is 29.8 Å². The molecule has 0 spiro atoms. The number of carbonyl (C=O) groups excluding carboxylic acids is 1. The number of nitriles is 1. The summed E-state index contributed by atoms with van der Waals surface area (Å²) in [4.78, 5) is 13.9. The SMILES string of the molecule is CC(C#N)CN1CCOc2ccccc2C1=O. The van der Waals surface area contributed by atoms with Crippen LogP contribution in [0.2, 0.25) is 0 Å². The lowest BCUT2D eigenvalue weighted by atomic mass is 10.1. The van der Waals surface area contributed by atoms with E-state index in [4.69, 9.17) is 10.00 Å². The van der Waals surface area contributed by atoms with E-state index >= 15 is 0 Å². The second-order valence-electron chi connectivity index (χ2n) is 4.13. The van der Waals surface area contributed by atoms with Crippen LogP contribution in [0.1, 0.15) is 17.3 Å². The Hall–Kier alpha value is -2.02. The van der Waals surface area contributed by atoms with Crippen molar-refractivity contribution >= 4 is 5.91 Å². The molecule has 1 aromatic carbocycles. The molecule has 0 aromatic heterocycles. The Bertz CT molecular complexity index is 465. The van der Waals surface area contributed by atoms with Crippen LogP contribution in [-0.4, -0.2) is 30.5 Å². The summed E-state index contributed by atoms with van der Waals surface area (Å²) in [6.07, 6.45) is 0. The molecular weight excluding hydrogens is 216 g/mol. The van der Waals surface area contributed by atoms with Gasteiger partial charge in [-0.3, -0.25) is 4.79 Å².